The third-order valence-corrected chi connectivity index (χ3v) is 3.05. The van der Waals surface area contributed by atoms with E-state index in [1.807, 2.05) is 6.92 Å². The molecule has 0 spiro atoms. The summed E-state index contributed by atoms with van der Waals surface area (Å²) < 4.78 is 37.7. The third-order valence-electron chi connectivity index (χ3n) is 2.14. The zero-order valence-electron chi connectivity index (χ0n) is 8.56. The summed E-state index contributed by atoms with van der Waals surface area (Å²) in [5.41, 5.74) is 2.80. The van der Waals surface area contributed by atoms with Crippen LogP contribution in [0.15, 0.2) is 5.38 Å². The molecule has 0 saturated carbocycles. The van der Waals surface area contributed by atoms with Crippen molar-refractivity contribution in [3.05, 3.63) is 16.1 Å². The Hall–Kier alpha value is -0.620. The highest BCUT2D eigenvalue weighted by Gasteiger charge is 2.50. The van der Waals surface area contributed by atoms with Gasteiger partial charge in [0.15, 0.2) is 5.54 Å². The molecule has 0 aliphatic heterocycles. The summed E-state index contributed by atoms with van der Waals surface area (Å²) in [5, 5.41) is 2.09. The largest absolute Gasteiger partial charge is 0.411 e. The highest BCUT2D eigenvalue weighted by atomic mass is 32.1. The molecule has 0 saturated heterocycles. The lowest BCUT2D eigenvalue weighted by molar-refractivity contribution is -0.185. The first kappa shape index (κ1) is 12.4. The molecular weight excluding hydrogens is 225 g/mol. The Kier molecular flexibility index (Phi) is 3.40. The maximum absolute atomic E-state index is 12.6. The van der Waals surface area contributed by atoms with Crippen LogP contribution in [-0.2, 0) is 12.0 Å². The molecule has 0 bridgehead atoms. The quantitative estimate of drug-likeness (QED) is 0.879. The summed E-state index contributed by atoms with van der Waals surface area (Å²) in [4.78, 5) is 3.91. The Labute approximate surface area is 90.3 Å². The summed E-state index contributed by atoms with van der Waals surface area (Å²) in [7, 11) is 0. The van der Waals surface area contributed by atoms with Gasteiger partial charge in [0.05, 0.1) is 10.7 Å². The molecule has 1 aromatic heterocycles. The number of nitrogens with two attached hydrogens (primary N) is 1. The van der Waals surface area contributed by atoms with Crippen molar-refractivity contribution in [2.45, 2.75) is 38.4 Å². The topological polar surface area (TPSA) is 38.9 Å². The lowest BCUT2D eigenvalue weighted by Gasteiger charge is -2.25. The van der Waals surface area contributed by atoms with Gasteiger partial charge in [-0.25, -0.2) is 4.98 Å². The maximum Gasteiger partial charge on any atom is 0.411 e. The Bertz CT molecular complexity index is 330. The number of hydrogen-bond donors (Lipinski definition) is 1. The minimum absolute atomic E-state index is 0.0940. The van der Waals surface area contributed by atoms with Gasteiger partial charge in [0.1, 0.15) is 0 Å². The first-order chi connectivity index (χ1) is 6.79. The average Bonchev–Trinajstić information content (AvgIpc) is 2.51. The molecule has 0 aliphatic carbocycles. The van der Waals surface area contributed by atoms with Crippen LogP contribution in [0.2, 0.25) is 0 Å². The molecule has 6 heteroatoms. The van der Waals surface area contributed by atoms with Crippen LogP contribution in [0.25, 0.3) is 0 Å². The molecule has 15 heavy (non-hydrogen) atoms. The molecule has 0 amide bonds. The molecule has 1 aromatic rings. The van der Waals surface area contributed by atoms with E-state index in [2.05, 4.69) is 4.98 Å². The molecule has 1 rings (SSSR count). The fourth-order valence-corrected chi connectivity index (χ4v) is 2.04. The SMILES string of the molecule is CCCc1nc(C(C)(N)C(F)(F)F)cs1. The maximum atomic E-state index is 12.6. The number of thiazole rings is 1. The average molecular weight is 238 g/mol. The highest BCUT2D eigenvalue weighted by molar-refractivity contribution is 7.09. The molecule has 2 nitrogen and oxygen atoms in total. The van der Waals surface area contributed by atoms with E-state index in [9.17, 15) is 13.2 Å². The molecule has 0 aliphatic rings. The van der Waals surface area contributed by atoms with Crippen molar-refractivity contribution in [2.24, 2.45) is 5.73 Å². The van der Waals surface area contributed by atoms with Gasteiger partial charge in [0.25, 0.3) is 0 Å². The molecule has 0 fully saturated rings. The lowest BCUT2D eigenvalue weighted by atomic mass is 10.00. The second-order valence-electron chi connectivity index (χ2n) is 3.58. The monoisotopic (exact) mass is 238 g/mol. The van der Waals surface area contributed by atoms with E-state index < -0.39 is 11.7 Å². The molecule has 2 N–H and O–H groups in total. The molecule has 1 atom stereocenters. The van der Waals surface area contributed by atoms with Gasteiger partial charge in [-0.15, -0.1) is 11.3 Å². The number of aromatic nitrogens is 1. The van der Waals surface area contributed by atoms with E-state index in [4.69, 9.17) is 5.73 Å². The summed E-state index contributed by atoms with van der Waals surface area (Å²) >= 11 is 1.23. The van der Waals surface area contributed by atoms with Crippen molar-refractivity contribution in [1.29, 1.82) is 0 Å². The van der Waals surface area contributed by atoms with Gasteiger partial charge in [-0.3, -0.25) is 0 Å². The van der Waals surface area contributed by atoms with Crippen LogP contribution in [0.5, 0.6) is 0 Å². The molecule has 86 valence electrons. The molecule has 1 heterocycles. The Morgan fingerprint density at radius 3 is 2.53 bits per heavy atom. The highest BCUT2D eigenvalue weighted by Crippen LogP contribution is 2.36. The van der Waals surface area contributed by atoms with Crippen molar-refractivity contribution in [2.75, 3.05) is 0 Å². The second kappa shape index (κ2) is 4.09. The van der Waals surface area contributed by atoms with Crippen LogP contribution in [0.4, 0.5) is 13.2 Å². The fourth-order valence-electron chi connectivity index (χ4n) is 1.02. The number of hydrogen-bond acceptors (Lipinski definition) is 3. The van der Waals surface area contributed by atoms with E-state index in [1.165, 1.54) is 16.7 Å². The smallest absolute Gasteiger partial charge is 0.313 e. The van der Waals surface area contributed by atoms with Gasteiger partial charge in [-0.05, 0) is 19.8 Å². The number of halogens is 3. The molecular formula is C9H13F3N2S. The van der Waals surface area contributed by atoms with E-state index in [1.54, 1.807) is 0 Å². The van der Waals surface area contributed by atoms with Crippen molar-refractivity contribution < 1.29 is 13.2 Å². The predicted octanol–water partition coefficient (Wildman–Crippen LogP) is 2.83. The van der Waals surface area contributed by atoms with Gasteiger partial charge >= 0.3 is 6.18 Å². The van der Waals surface area contributed by atoms with Crippen LogP contribution in [0.1, 0.15) is 31.0 Å². The predicted molar refractivity (Wildman–Crippen MR) is 53.7 cm³/mol. The Balaban J connectivity index is 2.95. The van der Waals surface area contributed by atoms with Crippen LogP contribution in [0, 0.1) is 0 Å². The molecule has 0 aromatic carbocycles. The van der Waals surface area contributed by atoms with Crippen molar-refractivity contribution >= 4 is 11.3 Å². The van der Waals surface area contributed by atoms with Gasteiger partial charge < -0.3 is 5.73 Å². The second-order valence-corrected chi connectivity index (χ2v) is 4.52. The lowest BCUT2D eigenvalue weighted by Crippen LogP contribution is -2.47. The number of alkyl halides is 3. The summed E-state index contributed by atoms with van der Waals surface area (Å²) in [5.74, 6) is 0. The zero-order chi connectivity index (χ0) is 11.7. The Morgan fingerprint density at radius 1 is 1.47 bits per heavy atom. The van der Waals surface area contributed by atoms with E-state index in [0.717, 1.165) is 13.3 Å². The van der Waals surface area contributed by atoms with Crippen LogP contribution in [0.3, 0.4) is 0 Å². The first-order valence-corrected chi connectivity index (χ1v) is 5.47. The minimum atomic E-state index is -4.47. The van der Waals surface area contributed by atoms with Crippen LogP contribution >= 0.6 is 11.3 Å². The molecule has 1 unspecified atom stereocenters. The van der Waals surface area contributed by atoms with Gasteiger partial charge in [-0.2, -0.15) is 13.2 Å². The van der Waals surface area contributed by atoms with Gasteiger partial charge in [0.2, 0.25) is 0 Å². The van der Waals surface area contributed by atoms with Crippen LogP contribution in [-0.4, -0.2) is 11.2 Å². The van der Waals surface area contributed by atoms with Crippen LogP contribution < -0.4 is 5.73 Å². The summed E-state index contributed by atoms with van der Waals surface area (Å²) in [6.07, 6.45) is -2.91. The van der Waals surface area contributed by atoms with E-state index in [0.29, 0.717) is 11.4 Å². The van der Waals surface area contributed by atoms with Crippen molar-refractivity contribution in [1.82, 2.24) is 4.98 Å². The normalized spacial score (nSPS) is 16.4. The summed E-state index contributed by atoms with van der Waals surface area (Å²) in [6, 6.07) is 0. The number of nitrogens with zero attached hydrogens (tertiary/aromatic N) is 1. The Morgan fingerprint density at radius 2 is 2.07 bits per heavy atom. The zero-order valence-corrected chi connectivity index (χ0v) is 9.37. The summed E-state index contributed by atoms with van der Waals surface area (Å²) in [6.45, 7) is 2.89. The fraction of sp³-hybridized carbons (Fsp3) is 0.667. The van der Waals surface area contributed by atoms with E-state index in [-0.39, 0.29) is 5.69 Å². The van der Waals surface area contributed by atoms with Gasteiger partial charge in [0, 0.05) is 5.38 Å². The first-order valence-electron chi connectivity index (χ1n) is 4.59. The van der Waals surface area contributed by atoms with Crippen molar-refractivity contribution in [3.63, 3.8) is 0 Å². The third kappa shape index (κ3) is 2.49. The van der Waals surface area contributed by atoms with Gasteiger partial charge in [-0.1, -0.05) is 6.92 Å². The van der Waals surface area contributed by atoms with E-state index >= 15 is 0 Å². The number of aryl methyl sites for hydroxylation is 1. The molecule has 0 radical (unpaired) electrons. The number of rotatable bonds is 3. The minimum Gasteiger partial charge on any atom is -0.313 e. The van der Waals surface area contributed by atoms with Crippen molar-refractivity contribution in [3.8, 4) is 0 Å². The standard InChI is InChI=1S/C9H13F3N2S/c1-3-4-7-14-6(5-15-7)8(2,13)9(10,11)12/h5H,3-4,13H2,1-2H3.